The maximum atomic E-state index is 13.5. The van der Waals surface area contributed by atoms with Crippen LogP contribution >= 0.6 is 0 Å². The third-order valence-electron chi connectivity index (χ3n) is 7.79. The number of phenolic OH excluding ortho intramolecular Hbond substituents is 2. The topological polar surface area (TPSA) is 164 Å². The van der Waals surface area contributed by atoms with Crippen LogP contribution in [0, 0.1) is 0 Å². The van der Waals surface area contributed by atoms with E-state index < -0.39 is 35.6 Å². The lowest BCUT2D eigenvalue weighted by molar-refractivity contribution is -0.126. The summed E-state index contributed by atoms with van der Waals surface area (Å²) in [6.45, 7) is 1.57. The van der Waals surface area contributed by atoms with E-state index in [0.29, 0.717) is 55.6 Å². The second kappa shape index (κ2) is 16.3. The molecule has 1 aromatic heterocycles. The summed E-state index contributed by atoms with van der Waals surface area (Å²) in [4.78, 5) is 51.2. The van der Waals surface area contributed by atoms with Crippen LogP contribution in [0.15, 0.2) is 59.2 Å². The van der Waals surface area contributed by atoms with E-state index in [9.17, 15) is 29.4 Å². The normalized spacial score (nSPS) is 17.1. The summed E-state index contributed by atoms with van der Waals surface area (Å²) in [6.07, 6.45) is 7.16. The molecule has 2 atom stereocenters. The van der Waals surface area contributed by atoms with Crippen LogP contribution in [-0.4, -0.2) is 53.5 Å². The van der Waals surface area contributed by atoms with Crippen molar-refractivity contribution >= 4 is 29.6 Å². The summed E-state index contributed by atoms with van der Waals surface area (Å²) in [5, 5.41) is 28.2. The maximum Gasteiger partial charge on any atom is 0.342 e. The Bertz CT molecular complexity index is 1540. The van der Waals surface area contributed by atoms with Crippen LogP contribution in [0.2, 0.25) is 0 Å². The molecule has 1 aliphatic rings. The first-order chi connectivity index (χ1) is 22.2. The van der Waals surface area contributed by atoms with E-state index in [-0.39, 0.29) is 47.7 Å². The van der Waals surface area contributed by atoms with E-state index in [2.05, 4.69) is 10.6 Å². The Morgan fingerprint density at radius 3 is 2.52 bits per heavy atom. The number of cyclic esters (lactones) is 1. The van der Waals surface area contributed by atoms with Crippen molar-refractivity contribution in [3.63, 3.8) is 0 Å². The molecule has 2 aromatic carbocycles. The molecule has 0 saturated heterocycles. The number of carbonyl (C=O) groups is 4. The van der Waals surface area contributed by atoms with Crippen molar-refractivity contribution in [2.24, 2.45) is 0 Å². The number of aromatic hydroxyl groups is 2. The molecule has 2 heterocycles. The molecule has 0 bridgehead atoms. The average Bonchev–Trinajstić information content (AvgIpc) is 3.55. The average molecular weight is 633 g/mol. The third-order valence-corrected chi connectivity index (χ3v) is 7.79. The number of phenols is 2. The highest BCUT2D eigenvalue weighted by atomic mass is 16.5. The van der Waals surface area contributed by atoms with Gasteiger partial charge < -0.3 is 34.7 Å². The molecule has 0 saturated carbocycles. The second-order valence-corrected chi connectivity index (χ2v) is 11.2. The van der Waals surface area contributed by atoms with Crippen LogP contribution < -0.4 is 15.4 Å². The van der Waals surface area contributed by atoms with Crippen molar-refractivity contribution in [3.8, 4) is 17.2 Å². The van der Waals surface area contributed by atoms with Gasteiger partial charge in [-0.05, 0) is 74.1 Å². The Morgan fingerprint density at radius 1 is 1.04 bits per heavy atom. The molecule has 11 heteroatoms. The van der Waals surface area contributed by atoms with Crippen molar-refractivity contribution in [2.45, 2.75) is 70.4 Å². The maximum absolute atomic E-state index is 13.5. The molecule has 11 nitrogen and oxygen atoms in total. The number of amides is 2. The van der Waals surface area contributed by atoms with Crippen LogP contribution in [-0.2, 0) is 25.7 Å². The van der Waals surface area contributed by atoms with Crippen molar-refractivity contribution in [1.82, 2.24) is 10.6 Å². The number of methoxy groups -OCH3 is 1. The lowest BCUT2D eigenvalue weighted by atomic mass is 9.84. The Morgan fingerprint density at radius 2 is 1.80 bits per heavy atom. The zero-order chi connectivity index (χ0) is 33.1. The SMILES string of the molecule is COc1ccc(C(CC(=O)NCC(=O)NCc2ccco2)c2c(O)cc3c(c2O)C(=O)O[C@@H](C)CCCC(=O)CCC/C=C/3)cc1. The van der Waals surface area contributed by atoms with Crippen LogP contribution in [0.25, 0.3) is 6.08 Å². The van der Waals surface area contributed by atoms with Gasteiger partial charge in [-0.15, -0.1) is 0 Å². The number of benzene rings is 2. The van der Waals surface area contributed by atoms with Gasteiger partial charge in [-0.3, -0.25) is 14.4 Å². The van der Waals surface area contributed by atoms with E-state index in [1.54, 1.807) is 55.5 Å². The van der Waals surface area contributed by atoms with E-state index >= 15 is 0 Å². The molecular formula is C35H40N2O9. The second-order valence-electron chi connectivity index (χ2n) is 11.2. The number of fused-ring (bicyclic) bond motifs is 1. The van der Waals surface area contributed by atoms with E-state index in [0.717, 1.165) is 0 Å². The molecule has 1 unspecified atom stereocenters. The van der Waals surface area contributed by atoms with E-state index in [1.165, 1.54) is 19.4 Å². The molecule has 3 aromatic rings. The van der Waals surface area contributed by atoms with Crippen LogP contribution in [0.1, 0.15) is 90.6 Å². The number of esters is 1. The zero-order valence-corrected chi connectivity index (χ0v) is 26.0. The molecule has 0 fully saturated rings. The van der Waals surface area contributed by atoms with Gasteiger partial charge in [-0.25, -0.2) is 4.79 Å². The smallest absolute Gasteiger partial charge is 0.342 e. The van der Waals surface area contributed by atoms with Gasteiger partial charge in [0.05, 0.1) is 32.6 Å². The number of ether oxygens (including phenoxy) is 2. The Hall–Kier alpha value is -5.06. The van der Waals surface area contributed by atoms with Crippen molar-refractivity contribution in [1.29, 1.82) is 0 Å². The molecule has 0 spiro atoms. The number of hydrogen-bond acceptors (Lipinski definition) is 9. The third kappa shape index (κ3) is 9.23. The predicted octanol–water partition coefficient (Wildman–Crippen LogP) is 5.14. The van der Waals surface area contributed by atoms with Crippen LogP contribution in [0.4, 0.5) is 0 Å². The Labute approximate surface area is 267 Å². The molecule has 2 amide bonds. The van der Waals surface area contributed by atoms with Crippen molar-refractivity contribution < 1.29 is 43.3 Å². The van der Waals surface area contributed by atoms with E-state index in [1.807, 2.05) is 0 Å². The highest BCUT2D eigenvalue weighted by Gasteiger charge is 2.31. The van der Waals surface area contributed by atoms with Crippen molar-refractivity contribution in [3.05, 3.63) is 82.8 Å². The number of Topliss-reactive ketones (excluding diaryl/α,β-unsaturated/α-hetero) is 1. The quantitative estimate of drug-likeness (QED) is 0.234. The zero-order valence-electron chi connectivity index (χ0n) is 26.0. The monoisotopic (exact) mass is 632 g/mol. The molecule has 4 rings (SSSR count). The first-order valence-electron chi connectivity index (χ1n) is 15.3. The molecule has 0 radical (unpaired) electrons. The summed E-state index contributed by atoms with van der Waals surface area (Å²) in [7, 11) is 1.51. The Balaban J connectivity index is 1.65. The van der Waals surface area contributed by atoms with E-state index in [4.69, 9.17) is 13.9 Å². The van der Waals surface area contributed by atoms with Gasteiger partial charge in [0.1, 0.15) is 34.4 Å². The minimum absolute atomic E-state index is 0.0361. The summed E-state index contributed by atoms with van der Waals surface area (Å²) < 4.78 is 16.1. The highest BCUT2D eigenvalue weighted by molar-refractivity contribution is 5.98. The summed E-state index contributed by atoms with van der Waals surface area (Å²) in [6, 6.07) is 11.5. The number of ketones is 1. The van der Waals surface area contributed by atoms with Gasteiger partial charge in [-0.2, -0.15) is 0 Å². The standard InChI is InChI=1S/C35H40N2O9/c1-22-8-6-11-25(38)10-5-3-4-9-24-18-29(39)33(34(42)32(24)35(43)46-22)28(23-13-15-26(44-2)16-14-23)19-30(40)37-21-31(41)36-20-27-12-7-17-45-27/h4,7,9,12-18,22,28,39,42H,3,5-6,8,10-11,19-21H2,1-2H3,(H,36,41)(H,37,40)/b9-4+/t22-,28?/m0/s1. The first-order valence-corrected chi connectivity index (χ1v) is 15.3. The molecular weight excluding hydrogens is 592 g/mol. The molecule has 4 N–H and O–H groups in total. The van der Waals surface area contributed by atoms with Gasteiger partial charge in [0.15, 0.2) is 0 Å². The fourth-order valence-corrected chi connectivity index (χ4v) is 5.34. The van der Waals surface area contributed by atoms with Crippen LogP contribution in [0.5, 0.6) is 17.2 Å². The van der Waals surface area contributed by atoms with Gasteiger partial charge in [0.25, 0.3) is 0 Å². The lowest BCUT2D eigenvalue weighted by Gasteiger charge is -2.23. The molecule has 244 valence electrons. The lowest BCUT2D eigenvalue weighted by Crippen LogP contribution is -2.37. The van der Waals surface area contributed by atoms with Gasteiger partial charge in [-0.1, -0.05) is 24.3 Å². The minimum atomic E-state index is -0.921. The number of allylic oxidation sites excluding steroid dienone is 1. The summed E-state index contributed by atoms with van der Waals surface area (Å²) in [5.74, 6) is -2.24. The largest absolute Gasteiger partial charge is 0.507 e. The molecule has 1 aliphatic heterocycles. The van der Waals surface area contributed by atoms with Crippen LogP contribution in [0.3, 0.4) is 0 Å². The number of rotatable bonds is 9. The Kier molecular flexibility index (Phi) is 12.0. The highest BCUT2D eigenvalue weighted by Crippen LogP contribution is 2.44. The van der Waals surface area contributed by atoms with Gasteiger partial charge >= 0.3 is 5.97 Å². The number of hydrogen-bond donors (Lipinski definition) is 4. The fraction of sp³-hybridized carbons (Fsp3) is 0.371. The fourth-order valence-electron chi connectivity index (χ4n) is 5.34. The van der Waals surface area contributed by atoms with Gasteiger partial charge in [0.2, 0.25) is 11.8 Å². The summed E-state index contributed by atoms with van der Waals surface area (Å²) >= 11 is 0. The minimum Gasteiger partial charge on any atom is -0.507 e. The number of furan rings is 1. The predicted molar refractivity (Wildman–Crippen MR) is 169 cm³/mol. The van der Waals surface area contributed by atoms with Crippen molar-refractivity contribution in [2.75, 3.05) is 13.7 Å². The number of carbonyl (C=O) groups excluding carboxylic acids is 4. The van der Waals surface area contributed by atoms with Gasteiger partial charge in [0, 0.05) is 30.7 Å². The molecule has 0 aliphatic carbocycles. The summed E-state index contributed by atoms with van der Waals surface area (Å²) in [5.41, 5.74) is 0.614. The first kappa shape index (κ1) is 33.8. The number of nitrogens with one attached hydrogen (secondary N) is 2. The molecule has 46 heavy (non-hydrogen) atoms.